The van der Waals surface area contributed by atoms with Crippen LogP contribution in [0.2, 0.25) is 0 Å². The number of aliphatic carboxylic acids is 1. The van der Waals surface area contributed by atoms with Gasteiger partial charge in [0.05, 0.1) is 18.8 Å². The van der Waals surface area contributed by atoms with Gasteiger partial charge in [-0.05, 0) is 17.9 Å². The van der Waals surface area contributed by atoms with Gasteiger partial charge in [-0.1, -0.05) is 0 Å². The van der Waals surface area contributed by atoms with Crippen LogP contribution in [-0.2, 0) is 14.3 Å². The van der Waals surface area contributed by atoms with Crippen molar-refractivity contribution < 1.29 is 24.2 Å². The third kappa shape index (κ3) is 4.34. The van der Waals surface area contributed by atoms with E-state index in [1.165, 1.54) is 7.11 Å². The molecule has 8 heteroatoms. The highest BCUT2D eigenvalue weighted by atomic mass is 32.1. The topological polar surface area (TPSA) is 119 Å². The van der Waals surface area contributed by atoms with Crippen LogP contribution in [-0.4, -0.2) is 36.1 Å². The van der Waals surface area contributed by atoms with E-state index in [2.05, 4.69) is 10.1 Å². The van der Waals surface area contributed by atoms with E-state index in [4.69, 9.17) is 10.8 Å². The molecule has 1 amide bonds. The fourth-order valence-electron chi connectivity index (χ4n) is 1.29. The zero-order chi connectivity index (χ0) is 14.4. The van der Waals surface area contributed by atoms with E-state index in [0.29, 0.717) is 5.69 Å². The van der Waals surface area contributed by atoms with Gasteiger partial charge in [-0.15, -0.1) is 11.3 Å². The van der Waals surface area contributed by atoms with Crippen molar-refractivity contribution in [1.82, 2.24) is 0 Å². The first-order chi connectivity index (χ1) is 8.95. The van der Waals surface area contributed by atoms with Crippen molar-refractivity contribution in [3.8, 4) is 0 Å². The van der Waals surface area contributed by atoms with E-state index in [0.717, 1.165) is 11.3 Å². The van der Waals surface area contributed by atoms with Crippen molar-refractivity contribution in [2.45, 2.75) is 18.9 Å². The Balaban J connectivity index is 2.64. The van der Waals surface area contributed by atoms with Gasteiger partial charge in [0.1, 0.15) is 4.88 Å². The molecule has 104 valence electrons. The fraction of sp³-hybridized carbons (Fsp3) is 0.364. The average molecular weight is 286 g/mol. The highest BCUT2D eigenvalue weighted by molar-refractivity contribution is 7.12. The van der Waals surface area contributed by atoms with Crippen molar-refractivity contribution in [1.29, 1.82) is 0 Å². The summed E-state index contributed by atoms with van der Waals surface area (Å²) in [5, 5.41) is 12.6. The lowest BCUT2D eigenvalue weighted by atomic mass is 10.1. The van der Waals surface area contributed by atoms with Gasteiger partial charge in [-0.2, -0.15) is 0 Å². The standard InChI is InChI=1S/C11H14N2O5S/c1-18-11(17)9-7(4-5-19-9)13-10(16)6(12)2-3-8(14)15/h4-6H,2-3,12H2,1H3,(H,13,16)(H,14,15). The Kier molecular flexibility index (Phi) is 5.46. The SMILES string of the molecule is COC(=O)c1sccc1NC(=O)C(N)CCC(=O)O. The smallest absolute Gasteiger partial charge is 0.350 e. The van der Waals surface area contributed by atoms with Crippen LogP contribution in [0.1, 0.15) is 22.5 Å². The summed E-state index contributed by atoms with van der Waals surface area (Å²) in [6, 6.07) is 0.611. The molecule has 19 heavy (non-hydrogen) atoms. The van der Waals surface area contributed by atoms with Gasteiger partial charge in [-0.3, -0.25) is 9.59 Å². The van der Waals surface area contributed by atoms with Crippen molar-refractivity contribution in [3.63, 3.8) is 0 Å². The monoisotopic (exact) mass is 286 g/mol. The van der Waals surface area contributed by atoms with Gasteiger partial charge in [0.2, 0.25) is 5.91 Å². The Bertz CT molecular complexity index is 485. The lowest BCUT2D eigenvalue weighted by molar-refractivity contribution is -0.137. The number of anilines is 1. The van der Waals surface area contributed by atoms with Gasteiger partial charge in [-0.25, -0.2) is 4.79 Å². The second-order valence-electron chi connectivity index (χ2n) is 3.68. The number of hydrogen-bond acceptors (Lipinski definition) is 6. The van der Waals surface area contributed by atoms with Crippen LogP contribution in [0.25, 0.3) is 0 Å². The first-order valence-electron chi connectivity index (χ1n) is 5.39. The Morgan fingerprint density at radius 3 is 2.79 bits per heavy atom. The Morgan fingerprint density at radius 1 is 1.53 bits per heavy atom. The lowest BCUT2D eigenvalue weighted by Gasteiger charge is -2.11. The van der Waals surface area contributed by atoms with Crippen LogP contribution in [0.15, 0.2) is 11.4 Å². The van der Waals surface area contributed by atoms with Crippen LogP contribution in [0.4, 0.5) is 5.69 Å². The molecule has 1 unspecified atom stereocenters. The van der Waals surface area contributed by atoms with E-state index < -0.39 is 23.9 Å². The zero-order valence-electron chi connectivity index (χ0n) is 10.2. The molecule has 7 nitrogen and oxygen atoms in total. The number of hydrogen-bond donors (Lipinski definition) is 3. The maximum atomic E-state index is 11.7. The first kappa shape index (κ1) is 15.1. The molecule has 1 aromatic rings. The summed E-state index contributed by atoms with van der Waals surface area (Å²) in [6.45, 7) is 0. The predicted octanol–water partition coefficient (Wildman–Crippen LogP) is 0.665. The predicted molar refractivity (Wildman–Crippen MR) is 69.1 cm³/mol. The molecule has 0 spiro atoms. The summed E-state index contributed by atoms with van der Waals surface area (Å²) in [7, 11) is 1.24. The van der Waals surface area contributed by atoms with E-state index in [1.807, 2.05) is 0 Å². The molecule has 0 fully saturated rings. The molecule has 0 aliphatic carbocycles. The highest BCUT2D eigenvalue weighted by Crippen LogP contribution is 2.23. The largest absolute Gasteiger partial charge is 0.481 e. The third-order valence-electron chi connectivity index (χ3n) is 2.30. The van der Waals surface area contributed by atoms with Crippen LogP contribution in [0.5, 0.6) is 0 Å². The second kappa shape index (κ2) is 6.86. The van der Waals surface area contributed by atoms with Crippen molar-refractivity contribution in [3.05, 3.63) is 16.3 Å². The summed E-state index contributed by atoms with van der Waals surface area (Å²) >= 11 is 1.13. The Labute approximate surface area is 113 Å². The number of carbonyl (C=O) groups is 3. The minimum absolute atomic E-state index is 0.0266. The Morgan fingerprint density at radius 2 is 2.21 bits per heavy atom. The summed E-state index contributed by atoms with van der Waals surface area (Å²) in [5.41, 5.74) is 5.87. The van der Waals surface area contributed by atoms with Crippen molar-refractivity contribution >= 4 is 34.9 Å². The summed E-state index contributed by atoms with van der Waals surface area (Å²) in [4.78, 5) is 33.7. The molecule has 1 heterocycles. The van der Waals surface area contributed by atoms with Crippen LogP contribution in [0, 0.1) is 0 Å². The molecule has 1 aromatic heterocycles. The lowest BCUT2D eigenvalue weighted by Crippen LogP contribution is -2.36. The van der Waals surface area contributed by atoms with E-state index in [1.54, 1.807) is 11.4 Å². The minimum atomic E-state index is -1.02. The van der Waals surface area contributed by atoms with Gasteiger partial charge < -0.3 is 20.9 Å². The number of rotatable bonds is 6. The first-order valence-corrected chi connectivity index (χ1v) is 6.27. The van der Waals surface area contributed by atoms with Gasteiger partial charge >= 0.3 is 11.9 Å². The quantitative estimate of drug-likeness (QED) is 0.661. The second-order valence-corrected chi connectivity index (χ2v) is 4.60. The van der Waals surface area contributed by atoms with Gasteiger partial charge in [0.25, 0.3) is 0 Å². The van der Waals surface area contributed by atoms with Crippen LogP contribution >= 0.6 is 11.3 Å². The zero-order valence-corrected chi connectivity index (χ0v) is 11.0. The minimum Gasteiger partial charge on any atom is -0.481 e. The molecule has 0 saturated carbocycles. The van der Waals surface area contributed by atoms with E-state index in [-0.39, 0.29) is 17.7 Å². The highest BCUT2D eigenvalue weighted by Gasteiger charge is 2.19. The molecule has 0 aromatic carbocycles. The van der Waals surface area contributed by atoms with Gasteiger partial charge in [0.15, 0.2) is 0 Å². The van der Waals surface area contributed by atoms with Crippen LogP contribution < -0.4 is 11.1 Å². The summed E-state index contributed by atoms with van der Waals surface area (Å²) < 4.78 is 4.57. The summed E-state index contributed by atoms with van der Waals surface area (Å²) in [6.07, 6.45) is -0.166. The number of thiophene rings is 1. The van der Waals surface area contributed by atoms with E-state index >= 15 is 0 Å². The number of carbonyl (C=O) groups excluding carboxylic acids is 2. The van der Waals surface area contributed by atoms with E-state index in [9.17, 15) is 14.4 Å². The molecule has 1 atom stereocenters. The van der Waals surface area contributed by atoms with Crippen molar-refractivity contribution in [2.24, 2.45) is 5.73 Å². The molecule has 0 bridgehead atoms. The maximum absolute atomic E-state index is 11.7. The number of nitrogens with one attached hydrogen (secondary N) is 1. The Hall–Kier alpha value is -1.93. The molecular formula is C11H14N2O5S. The average Bonchev–Trinajstić information content (AvgIpc) is 2.82. The molecule has 0 radical (unpaired) electrons. The maximum Gasteiger partial charge on any atom is 0.350 e. The number of ether oxygens (including phenoxy) is 1. The number of amides is 1. The third-order valence-corrected chi connectivity index (χ3v) is 3.19. The number of carboxylic acids is 1. The molecule has 4 N–H and O–H groups in total. The number of carboxylic acid groups (broad SMARTS) is 1. The van der Waals surface area contributed by atoms with Gasteiger partial charge in [0, 0.05) is 6.42 Å². The van der Waals surface area contributed by atoms with Crippen molar-refractivity contribution in [2.75, 3.05) is 12.4 Å². The molecule has 0 aliphatic rings. The molecule has 1 rings (SSSR count). The normalized spacial score (nSPS) is 11.7. The van der Waals surface area contributed by atoms with Crippen LogP contribution in [0.3, 0.4) is 0 Å². The molecule has 0 saturated heterocycles. The summed E-state index contributed by atoms with van der Waals surface area (Å²) in [5.74, 6) is -2.11. The molecule has 0 aliphatic heterocycles. The molecular weight excluding hydrogens is 272 g/mol. The fourth-order valence-corrected chi connectivity index (χ4v) is 2.06. The number of nitrogens with two attached hydrogens (primary N) is 1. The number of esters is 1. The number of methoxy groups -OCH3 is 1.